The Bertz CT molecular complexity index is 861. The minimum atomic E-state index is -0.242. The largest absolute Gasteiger partial charge is 0.322 e. The highest BCUT2D eigenvalue weighted by atomic mass is 35.5. The SMILES string of the molecule is O=C(Nc1cccc(Cl)c1)c1ccc(NC(=O)c2cccs2)cc1. The fraction of sp³-hybridized carbons (Fsp3) is 0. The topological polar surface area (TPSA) is 58.2 Å². The number of rotatable bonds is 4. The van der Waals surface area contributed by atoms with E-state index in [1.807, 2.05) is 11.4 Å². The van der Waals surface area contributed by atoms with Crippen LogP contribution in [0.15, 0.2) is 66.0 Å². The van der Waals surface area contributed by atoms with Crippen LogP contribution in [0.25, 0.3) is 0 Å². The molecule has 0 aliphatic rings. The molecule has 0 bridgehead atoms. The summed E-state index contributed by atoms with van der Waals surface area (Å²) in [6.07, 6.45) is 0. The minimum Gasteiger partial charge on any atom is -0.322 e. The van der Waals surface area contributed by atoms with E-state index in [4.69, 9.17) is 11.6 Å². The average Bonchev–Trinajstić information content (AvgIpc) is 3.10. The number of carbonyl (C=O) groups excluding carboxylic acids is 2. The number of amides is 2. The van der Waals surface area contributed by atoms with Crippen LogP contribution in [0.3, 0.4) is 0 Å². The van der Waals surface area contributed by atoms with Crippen molar-refractivity contribution in [3.8, 4) is 0 Å². The molecule has 24 heavy (non-hydrogen) atoms. The van der Waals surface area contributed by atoms with E-state index in [1.54, 1.807) is 54.6 Å². The molecule has 0 saturated heterocycles. The zero-order chi connectivity index (χ0) is 16.9. The number of nitrogens with one attached hydrogen (secondary N) is 2. The summed E-state index contributed by atoms with van der Waals surface area (Å²) in [7, 11) is 0. The van der Waals surface area contributed by atoms with E-state index in [9.17, 15) is 9.59 Å². The van der Waals surface area contributed by atoms with Gasteiger partial charge in [0.15, 0.2) is 0 Å². The molecule has 0 radical (unpaired) electrons. The Hall–Kier alpha value is -2.63. The number of hydrogen-bond donors (Lipinski definition) is 2. The molecule has 3 rings (SSSR count). The predicted molar refractivity (Wildman–Crippen MR) is 98.1 cm³/mol. The highest BCUT2D eigenvalue weighted by molar-refractivity contribution is 7.12. The smallest absolute Gasteiger partial charge is 0.265 e. The molecule has 0 aliphatic carbocycles. The normalized spacial score (nSPS) is 10.2. The molecule has 2 N–H and O–H groups in total. The number of halogens is 1. The van der Waals surface area contributed by atoms with Gasteiger partial charge in [0.25, 0.3) is 11.8 Å². The van der Waals surface area contributed by atoms with Crippen LogP contribution in [0.2, 0.25) is 5.02 Å². The summed E-state index contributed by atoms with van der Waals surface area (Å²) in [5, 5.41) is 7.96. The lowest BCUT2D eigenvalue weighted by atomic mass is 10.2. The van der Waals surface area contributed by atoms with E-state index >= 15 is 0 Å². The lowest BCUT2D eigenvalue weighted by Crippen LogP contribution is -2.13. The summed E-state index contributed by atoms with van der Waals surface area (Å²) in [6.45, 7) is 0. The molecule has 0 fully saturated rings. The molecule has 4 nitrogen and oxygen atoms in total. The van der Waals surface area contributed by atoms with Crippen molar-refractivity contribution in [2.24, 2.45) is 0 Å². The molecule has 6 heteroatoms. The van der Waals surface area contributed by atoms with E-state index < -0.39 is 0 Å². The highest BCUT2D eigenvalue weighted by Gasteiger charge is 2.09. The number of anilines is 2. The van der Waals surface area contributed by atoms with Gasteiger partial charge in [-0.25, -0.2) is 0 Å². The van der Waals surface area contributed by atoms with E-state index in [1.165, 1.54) is 11.3 Å². The van der Waals surface area contributed by atoms with Crippen molar-refractivity contribution in [3.63, 3.8) is 0 Å². The van der Waals surface area contributed by atoms with E-state index in [0.717, 1.165) is 0 Å². The molecule has 0 spiro atoms. The zero-order valence-electron chi connectivity index (χ0n) is 12.5. The molecular formula is C18H13ClN2O2S. The van der Waals surface area contributed by atoms with Gasteiger partial charge in [-0.2, -0.15) is 0 Å². The minimum absolute atomic E-state index is 0.166. The first-order chi connectivity index (χ1) is 11.6. The van der Waals surface area contributed by atoms with Crippen LogP contribution >= 0.6 is 22.9 Å². The molecule has 0 atom stereocenters. The van der Waals surface area contributed by atoms with Crippen molar-refractivity contribution in [2.45, 2.75) is 0 Å². The molecule has 1 aromatic heterocycles. The van der Waals surface area contributed by atoms with Gasteiger partial charge in [0, 0.05) is 22.0 Å². The van der Waals surface area contributed by atoms with Crippen LogP contribution in [-0.4, -0.2) is 11.8 Å². The Morgan fingerprint density at radius 2 is 1.58 bits per heavy atom. The third-order valence-electron chi connectivity index (χ3n) is 3.23. The summed E-state index contributed by atoms with van der Waals surface area (Å²) >= 11 is 7.27. The van der Waals surface area contributed by atoms with Gasteiger partial charge in [-0.1, -0.05) is 23.7 Å². The van der Waals surface area contributed by atoms with Gasteiger partial charge in [0.05, 0.1) is 4.88 Å². The van der Waals surface area contributed by atoms with Gasteiger partial charge in [-0.3, -0.25) is 9.59 Å². The maximum Gasteiger partial charge on any atom is 0.265 e. The zero-order valence-corrected chi connectivity index (χ0v) is 14.0. The standard InChI is InChI=1S/C18H13ClN2O2S/c19-13-3-1-4-15(11-13)21-17(22)12-6-8-14(9-7-12)20-18(23)16-5-2-10-24-16/h1-11H,(H,20,23)(H,21,22). The van der Waals surface area contributed by atoms with Gasteiger partial charge in [0.1, 0.15) is 0 Å². The molecule has 3 aromatic rings. The number of benzene rings is 2. The fourth-order valence-corrected chi connectivity index (χ4v) is 2.88. The van der Waals surface area contributed by atoms with Crippen LogP contribution in [0, 0.1) is 0 Å². The van der Waals surface area contributed by atoms with Gasteiger partial charge >= 0.3 is 0 Å². The van der Waals surface area contributed by atoms with Gasteiger partial charge in [-0.15, -0.1) is 11.3 Å². The van der Waals surface area contributed by atoms with Crippen LogP contribution in [0.5, 0.6) is 0 Å². The Kier molecular flexibility index (Phi) is 4.93. The van der Waals surface area contributed by atoms with Crippen LogP contribution in [-0.2, 0) is 0 Å². The second-order valence-electron chi connectivity index (χ2n) is 4.97. The third-order valence-corrected chi connectivity index (χ3v) is 4.34. The van der Waals surface area contributed by atoms with Crippen LogP contribution in [0.4, 0.5) is 11.4 Å². The lowest BCUT2D eigenvalue weighted by Gasteiger charge is -2.07. The van der Waals surface area contributed by atoms with E-state index in [2.05, 4.69) is 10.6 Å². The van der Waals surface area contributed by atoms with Gasteiger partial charge in [0.2, 0.25) is 0 Å². The summed E-state index contributed by atoms with van der Waals surface area (Å²) in [6, 6.07) is 17.2. The molecular weight excluding hydrogens is 344 g/mol. The first kappa shape index (κ1) is 16.2. The molecule has 0 unspecified atom stereocenters. The van der Waals surface area contributed by atoms with Crippen molar-refractivity contribution in [2.75, 3.05) is 10.6 Å². The average molecular weight is 357 g/mol. The second-order valence-corrected chi connectivity index (χ2v) is 6.36. The summed E-state index contributed by atoms with van der Waals surface area (Å²) < 4.78 is 0. The van der Waals surface area contributed by atoms with Crippen molar-refractivity contribution in [1.29, 1.82) is 0 Å². The molecule has 120 valence electrons. The quantitative estimate of drug-likeness (QED) is 0.698. The molecule has 0 saturated carbocycles. The van der Waals surface area contributed by atoms with Gasteiger partial charge < -0.3 is 10.6 Å². The molecule has 2 amide bonds. The maximum absolute atomic E-state index is 12.2. The van der Waals surface area contributed by atoms with Crippen LogP contribution < -0.4 is 10.6 Å². The second kappa shape index (κ2) is 7.29. The van der Waals surface area contributed by atoms with Crippen molar-refractivity contribution in [1.82, 2.24) is 0 Å². The summed E-state index contributed by atoms with van der Waals surface area (Å²) in [5.41, 5.74) is 1.75. The third kappa shape index (κ3) is 4.01. The molecule has 1 heterocycles. The Balaban J connectivity index is 1.65. The molecule has 2 aromatic carbocycles. The number of hydrogen-bond acceptors (Lipinski definition) is 3. The van der Waals surface area contributed by atoms with Gasteiger partial charge in [-0.05, 0) is 53.9 Å². The Morgan fingerprint density at radius 1 is 0.833 bits per heavy atom. The van der Waals surface area contributed by atoms with Crippen molar-refractivity contribution in [3.05, 3.63) is 81.5 Å². The Morgan fingerprint density at radius 3 is 2.25 bits per heavy atom. The Labute approximate surface area is 148 Å². The lowest BCUT2D eigenvalue weighted by molar-refractivity contribution is 0.102. The molecule has 0 aliphatic heterocycles. The van der Waals surface area contributed by atoms with E-state index in [0.29, 0.717) is 26.8 Å². The monoisotopic (exact) mass is 356 g/mol. The van der Waals surface area contributed by atoms with Crippen molar-refractivity contribution >= 4 is 46.1 Å². The van der Waals surface area contributed by atoms with E-state index in [-0.39, 0.29) is 11.8 Å². The fourth-order valence-electron chi connectivity index (χ4n) is 2.07. The predicted octanol–water partition coefficient (Wildman–Crippen LogP) is 4.91. The maximum atomic E-state index is 12.2. The first-order valence-corrected chi connectivity index (χ1v) is 8.39. The van der Waals surface area contributed by atoms with Crippen molar-refractivity contribution < 1.29 is 9.59 Å². The number of thiophene rings is 1. The highest BCUT2D eigenvalue weighted by Crippen LogP contribution is 2.17. The summed E-state index contributed by atoms with van der Waals surface area (Å²) in [5.74, 6) is -0.408. The first-order valence-electron chi connectivity index (χ1n) is 7.14. The van der Waals surface area contributed by atoms with Crippen LogP contribution in [0.1, 0.15) is 20.0 Å². The summed E-state index contributed by atoms with van der Waals surface area (Å²) in [4.78, 5) is 24.8. The number of carbonyl (C=O) groups is 2.